The average molecular weight is 497 g/mol. The van der Waals surface area contributed by atoms with Crippen LogP contribution in [0.15, 0.2) is 69.6 Å². The normalized spacial score (nSPS) is 15.5. The topological polar surface area (TPSA) is 87.0 Å². The van der Waals surface area contributed by atoms with Crippen molar-refractivity contribution in [1.29, 1.82) is 0 Å². The van der Waals surface area contributed by atoms with Gasteiger partial charge in [0, 0.05) is 11.9 Å². The van der Waals surface area contributed by atoms with Gasteiger partial charge in [-0.2, -0.15) is 0 Å². The molecular weight excluding hydrogens is 476 g/mol. The Morgan fingerprint density at radius 3 is 2.53 bits per heavy atom. The Labute approximate surface area is 204 Å². The lowest BCUT2D eigenvalue weighted by Crippen LogP contribution is -2.39. The van der Waals surface area contributed by atoms with Crippen LogP contribution in [0.3, 0.4) is 0 Å². The summed E-state index contributed by atoms with van der Waals surface area (Å²) < 4.78 is 12.3. The number of carbonyl (C=O) groups excluding carboxylic acids is 2. The van der Waals surface area contributed by atoms with Crippen molar-refractivity contribution >= 4 is 41.0 Å². The van der Waals surface area contributed by atoms with Gasteiger partial charge in [0.05, 0.1) is 28.5 Å². The number of ether oxygens (including phenoxy) is 2. The molecule has 9 heteroatoms. The molecule has 0 bridgehead atoms. The van der Waals surface area contributed by atoms with Crippen LogP contribution in [-0.2, 0) is 14.3 Å². The van der Waals surface area contributed by atoms with Gasteiger partial charge >= 0.3 is 11.9 Å². The van der Waals surface area contributed by atoms with Crippen LogP contribution in [-0.4, -0.2) is 23.1 Å². The molecule has 174 valence electrons. The van der Waals surface area contributed by atoms with Crippen LogP contribution >= 0.6 is 22.9 Å². The van der Waals surface area contributed by atoms with Crippen molar-refractivity contribution in [3.63, 3.8) is 0 Å². The quantitative estimate of drug-likeness (QED) is 0.399. The van der Waals surface area contributed by atoms with E-state index in [1.807, 2.05) is 18.2 Å². The summed E-state index contributed by atoms with van der Waals surface area (Å²) in [5.74, 6) is -0.623. The van der Waals surface area contributed by atoms with Crippen molar-refractivity contribution in [2.24, 2.45) is 4.99 Å². The molecule has 0 fully saturated rings. The van der Waals surface area contributed by atoms with Crippen LogP contribution < -0.4 is 19.6 Å². The van der Waals surface area contributed by atoms with Crippen molar-refractivity contribution in [2.75, 3.05) is 6.61 Å². The van der Waals surface area contributed by atoms with E-state index in [1.54, 1.807) is 50.3 Å². The summed E-state index contributed by atoms with van der Waals surface area (Å²) in [6.07, 6.45) is 1.72. The third kappa shape index (κ3) is 4.60. The van der Waals surface area contributed by atoms with Crippen molar-refractivity contribution in [1.82, 2.24) is 4.57 Å². The van der Waals surface area contributed by atoms with E-state index in [4.69, 9.17) is 21.1 Å². The zero-order valence-corrected chi connectivity index (χ0v) is 20.3. The summed E-state index contributed by atoms with van der Waals surface area (Å²) >= 11 is 7.51. The summed E-state index contributed by atoms with van der Waals surface area (Å²) in [5, 5.41) is 0.523. The second-order valence-corrected chi connectivity index (χ2v) is 8.90. The first-order chi connectivity index (χ1) is 16.3. The monoisotopic (exact) mass is 496 g/mol. The molecule has 1 aromatic heterocycles. The number of carbonyl (C=O) groups is 2. The lowest BCUT2D eigenvalue weighted by Gasteiger charge is -2.24. The summed E-state index contributed by atoms with van der Waals surface area (Å²) in [7, 11) is 0. The highest BCUT2D eigenvalue weighted by molar-refractivity contribution is 7.07. The maximum atomic E-state index is 13.6. The Bertz CT molecular complexity index is 1480. The smallest absolute Gasteiger partial charge is 0.338 e. The van der Waals surface area contributed by atoms with E-state index in [2.05, 4.69) is 4.99 Å². The highest BCUT2D eigenvalue weighted by atomic mass is 35.5. The number of hydrogen-bond acceptors (Lipinski definition) is 7. The van der Waals surface area contributed by atoms with E-state index >= 15 is 0 Å². The summed E-state index contributed by atoms with van der Waals surface area (Å²) in [6.45, 7) is 4.94. The van der Waals surface area contributed by atoms with Gasteiger partial charge in [0.25, 0.3) is 5.56 Å². The molecule has 0 spiro atoms. The van der Waals surface area contributed by atoms with Crippen LogP contribution in [0.4, 0.5) is 0 Å². The van der Waals surface area contributed by atoms with Crippen LogP contribution in [0, 0.1) is 0 Å². The van der Waals surface area contributed by atoms with E-state index in [1.165, 1.54) is 22.8 Å². The van der Waals surface area contributed by atoms with Gasteiger partial charge in [-0.05, 0) is 49.2 Å². The fourth-order valence-electron chi connectivity index (χ4n) is 3.72. The maximum Gasteiger partial charge on any atom is 0.338 e. The predicted molar refractivity (Wildman–Crippen MR) is 130 cm³/mol. The minimum Gasteiger partial charge on any atom is -0.463 e. The Hall–Kier alpha value is -3.49. The van der Waals surface area contributed by atoms with Crippen molar-refractivity contribution in [3.05, 3.63) is 95.6 Å². The molecule has 2 heterocycles. The first-order valence-electron chi connectivity index (χ1n) is 10.5. The number of thiazole rings is 1. The molecule has 0 aliphatic carbocycles. The third-order valence-corrected chi connectivity index (χ3v) is 6.49. The van der Waals surface area contributed by atoms with Crippen LogP contribution in [0.1, 0.15) is 37.9 Å². The van der Waals surface area contributed by atoms with E-state index in [9.17, 15) is 14.4 Å². The first kappa shape index (κ1) is 23.7. The van der Waals surface area contributed by atoms with Gasteiger partial charge in [0.15, 0.2) is 4.80 Å². The predicted octanol–water partition coefficient (Wildman–Crippen LogP) is 3.38. The Kier molecular flexibility index (Phi) is 6.81. The number of halogens is 1. The molecule has 1 atom stereocenters. The largest absolute Gasteiger partial charge is 0.463 e. The molecule has 0 saturated carbocycles. The second-order valence-electron chi connectivity index (χ2n) is 7.49. The van der Waals surface area contributed by atoms with Crippen LogP contribution in [0.25, 0.3) is 6.08 Å². The van der Waals surface area contributed by atoms with E-state index in [0.717, 1.165) is 0 Å². The molecule has 7 nitrogen and oxygen atoms in total. The minimum absolute atomic E-state index is 0.185. The number of fused-ring (bicyclic) bond motifs is 1. The number of rotatable bonds is 5. The number of allylic oxidation sites excluding steroid dienone is 1. The Morgan fingerprint density at radius 1 is 1.18 bits per heavy atom. The SMILES string of the molecule is CCOC(=O)C1=C(C)N=c2sc(=Cc3ccccc3Cl)c(=O)n2[C@@H]1c1ccc(OC(C)=O)cc1. The fourth-order valence-corrected chi connectivity index (χ4v) is 4.95. The molecule has 0 saturated heterocycles. The molecule has 0 unspecified atom stereocenters. The fraction of sp³-hybridized carbons (Fsp3) is 0.200. The van der Waals surface area contributed by atoms with E-state index in [-0.39, 0.29) is 17.7 Å². The Morgan fingerprint density at radius 2 is 1.88 bits per heavy atom. The number of hydrogen-bond donors (Lipinski definition) is 0. The van der Waals surface area contributed by atoms with E-state index in [0.29, 0.717) is 36.9 Å². The van der Waals surface area contributed by atoms with Crippen molar-refractivity contribution < 1.29 is 19.1 Å². The van der Waals surface area contributed by atoms with Gasteiger partial charge in [0.2, 0.25) is 0 Å². The number of nitrogens with zero attached hydrogens (tertiary/aromatic N) is 2. The molecule has 0 amide bonds. The summed E-state index contributed by atoms with van der Waals surface area (Å²) in [6, 6.07) is 13.1. The highest BCUT2D eigenvalue weighted by Crippen LogP contribution is 2.31. The Balaban J connectivity index is 1.92. The van der Waals surface area contributed by atoms with Gasteiger partial charge in [-0.25, -0.2) is 9.79 Å². The van der Waals surface area contributed by atoms with Crippen molar-refractivity contribution in [3.8, 4) is 5.75 Å². The lowest BCUT2D eigenvalue weighted by molar-refractivity contribution is -0.139. The first-order valence-corrected chi connectivity index (χ1v) is 11.7. The summed E-state index contributed by atoms with van der Waals surface area (Å²) in [4.78, 5) is 42.8. The zero-order valence-electron chi connectivity index (χ0n) is 18.7. The number of aromatic nitrogens is 1. The molecular formula is C25H21ClN2O5S. The molecule has 1 aliphatic rings. The average Bonchev–Trinajstić information content (AvgIpc) is 3.09. The molecule has 4 rings (SSSR count). The molecule has 0 radical (unpaired) electrons. The van der Waals surface area contributed by atoms with Gasteiger partial charge in [-0.15, -0.1) is 0 Å². The third-order valence-electron chi connectivity index (χ3n) is 5.17. The maximum absolute atomic E-state index is 13.6. The molecule has 0 N–H and O–H groups in total. The van der Waals surface area contributed by atoms with Gasteiger partial charge in [-0.1, -0.05) is 53.3 Å². The standard InChI is InChI=1S/C25H21ClN2O5S/c1-4-32-24(31)21-14(2)27-25-28(22(21)16-9-11-18(12-10-16)33-15(3)29)23(30)20(34-25)13-17-7-5-6-8-19(17)26/h5-13,22H,4H2,1-3H3/t22-/m1/s1. The molecule has 34 heavy (non-hydrogen) atoms. The van der Waals surface area contributed by atoms with Gasteiger partial charge in [0.1, 0.15) is 5.75 Å². The number of esters is 2. The molecule has 2 aromatic carbocycles. The number of benzene rings is 2. The second kappa shape index (κ2) is 9.79. The molecule has 3 aromatic rings. The minimum atomic E-state index is -0.755. The van der Waals surface area contributed by atoms with Gasteiger partial charge in [-0.3, -0.25) is 14.2 Å². The summed E-state index contributed by atoms with van der Waals surface area (Å²) in [5.41, 5.74) is 1.81. The van der Waals surface area contributed by atoms with Crippen LogP contribution in [0.5, 0.6) is 5.75 Å². The van der Waals surface area contributed by atoms with E-state index < -0.39 is 18.0 Å². The highest BCUT2D eigenvalue weighted by Gasteiger charge is 2.33. The van der Waals surface area contributed by atoms with Crippen molar-refractivity contribution in [2.45, 2.75) is 26.8 Å². The lowest BCUT2D eigenvalue weighted by atomic mass is 9.96. The zero-order chi connectivity index (χ0) is 24.4. The van der Waals surface area contributed by atoms with Crippen LogP contribution in [0.2, 0.25) is 5.02 Å². The van der Waals surface area contributed by atoms with Gasteiger partial charge < -0.3 is 9.47 Å². The molecule has 1 aliphatic heterocycles.